The zero-order valence-electron chi connectivity index (χ0n) is 69.4. The highest BCUT2D eigenvalue weighted by atomic mass is 31.2. The zero-order valence-corrected chi connectivity index (χ0v) is 71.2. The van der Waals surface area contributed by atoms with Gasteiger partial charge in [-0.15, -0.1) is 0 Å². The SMILES string of the molecule is CCC(C)CCCCCCCCCCCCCCCCC(=O)OC[C@H](COP(=O)(O)OC[C@@H](O)COP(=O)(O)OC[C@@H](COC(=O)CCCCCCCCC(C)CC)OC(=O)CCCCCCCCCCCCCCCCCC(C)C)OC(=O)CCCCCCCCCCCCCCCCCCC(C)C. The van der Waals surface area contributed by atoms with E-state index < -0.39 is 97.5 Å². The molecule has 0 aliphatic carbocycles. The molecular weight excluding hydrogens is 1370 g/mol. The standard InChI is InChI=1S/C86H168O17P2/c1-9-78(7)64-56-48-40-34-28-22-18-19-23-29-35-41-50-58-66-83(88)96-72-81(102-85(90)68-60-52-42-36-30-24-16-12-11-14-20-26-32-38-46-54-62-76(3)4)74-100-104(92,93)98-70-80(87)71-99-105(94,95)101-75-82(73-97-84(89)67-59-51-45-44-49-57-65-79(8)10-2)103-86(91)69-61-53-43-37-31-25-17-13-15-21-27-33-39-47-55-63-77(5)6/h76-82,87H,9-75H2,1-8H3,(H,92,93)(H,94,95)/t78?,79?,80-,81-,82-/m1/s1. The van der Waals surface area contributed by atoms with E-state index in [9.17, 15) is 43.2 Å². The van der Waals surface area contributed by atoms with Gasteiger partial charge in [-0.05, 0) is 49.4 Å². The highest BCUT2D eigenvalue weighted by molar-refractivity contribution is 7.47. The minimum Gasteiger partial charge on any atom is -0.462 e. The Morgan fingerprint density at radius 2 is 0.457 bits per heavy atom. The second-order valence-electron chi connectivity index (χ2n) is 32.4. The third kappa shape index (κ3) is 77.2. The Hall–Kier alpha value is -1.94. The molecule has 0 heterocycles. The zero-order chi connectivity index (χ0) is 77.4. The number of carbonyl (C=O) groups is 4. The van der Waals surface area contributed by atoms with Gasteiger partial charge in [0.25, 0.3) is 0 Å². The van der Waals surface area contributed by atoms with Crippen molar-refractivity contribution in [3.8, 4) is 0 Å². The summed E-state index contributed by atoms with van der Waals surface area (Å²) >= 11 is 0. The van der Waals surface area contributed by atoms with Crippen molar-refractivity contribution in [2.75, 3.05) is 39.6 Å². The average molecular weight is 1540 g/mol. The van der Waals surface area contributed by atoms with Gasteiger partial charge in [-0.1, -0.05) is 396 Å². The minimum atomic E-state index is -4.97. The predicted molar refractivity (Wildman–Crippen MR) is 432 cm³/mol. The van der Waals surface area contributed by atoms with Gasteiger partial charge >= 0.3 is 39.5 Å². The molecule has 0 spiro atoms. The molecule has 0 saturated heterocycles. The van der Waals surface area contributed by atoms with Crippen LogP contribution in [0.15, 0.2) is 0 Å². The summed E-state index contributed by atoms with van der Waals surface area (Å²) < 4.78 is 68.9. The molecule has 0 amide bonds. The Morgan fingerprint density at radius 3 is 0.676 bits per heavy atom. The quantitative estimate of drug-likeness (QED) is 0.0222. The van der Waals surface area contributed by atoms with Gasteiger partial charge in [0.1, 0.15) is 19.3 Å². The van der Waals surface area contributed by atoms with Crippen LogP contribution in [0.5, 0.6) is 0 Å². The molecule has 0 aromatic heterocycles. The van der Waals surface area contributed by atoms with E-state index in [0.29, 0.717) is 25.7 Å². The summed E-state index contributed by atoms with van der Waals surface area (Å²) in [5.41, 5.74) is 0. The molecule has 624 valence electrons. The van der Waals surface area contributed by atoms with Crippen molar-refractivity contribution in [2.24, 2.45) is 23.7 Å². The summed E-state index contributed by atoms with van der Waals surface area (Å²) in [4.78, 5) is 73.2. The van der Waals surface area contributed by atoms with E-state index in [-0.39, 0.29) is 25.7 Å². The van der Waals surface area contributed by atoms with Gasteiger partial charge < -0.3 is 33.8 Å². The molecule has 0 rings (SSSR count). The maximum atomic E-state index is 13.1. The number of ether oxygens (including phenoxy) is 4. The minimum absolute atomic E-state index is 0.107. The van der Waals surface area contributed by atoms with Crippen LogP contribution in [0.3, 0.4) is 0 Å². The number of aliphatic hydroxyl groups excluding tert-OH is 1. The maximum absolute atomic E-state index is 13.1. The van der Waals surface area contributed by atoms with Crippen LogP contribution in [0.4, 0.5) is 0 Å². The Kier molecular flexibility index (Phi) is 73.4. The fourth-order valence-corrected chi connectivity index (χ4v) is 14.8. The van der Waals surface area contributed by atoms with Crippen LogP contribution in [0.2, 0.25) is 0 Å². The number of hydrogen-bond donors (Lipinski definition) is 3. The second-order valence-corrected chi connectivity index (χ2v) is 35.3. The molecule has 0 saturated carbocycles. The van der Waals surface area contributed by atoms with Crippen molar-refractivity contribution in [3.05, 3.63) is 0 Å². The summed E-state index contributed by atoms with van der Waals surface area (Å²) in [5, 5.41) is 10.7. The maximum Gasteiger partial charge on any atom is 0.472 e. The third-order valence-electron chi connectivity index (χ3n) is 20.8. The van der Waals surface area contributed by atoms with Crippen molar-refractivity contribution in [3.63, 3.8) is 0 Å². The first-order valence-electron chi connectivity index (χ1n) is 44.3. The van der Waals surface area contributed by atoms with E-state index in [1.54, 1.807) is 0 Å². The average Bonchev–Trinajstić information content (AvgIpc) is 0.920. The Morgan fingerprint density at radius 1 is 0.267 bits per heavy atom. The highest BCUT2D eigenvalue weighted by Crippen LogP contribution is 2.45. The number of unbranched alkanes of at least 4 members (excludes halogenated alkanes) is 47. The lowest BCUT2D eigenvalue weighted by molar-refractivity contribution is -0.161. The van der Waals surface area contributed by atoms with Crippen molar-refractivity contribution < 1.29 is 80.2 Å². The first-order chi connectivity index (χ1) is 50.7. The van der Waals surface area contributed by atoms with Gasteiger partial charge in [0.05, 0.1) is 26.4 Å². The summed E-state index contributed by atoms with van der Waals surface area (Å²) in [7, 11) is -9.93. The second kappa shape index (κ2) is 74.8. The first-order valence-corrected chi connectivity index (χ1v) is 47.3. The van der Waals surface area contributed by atoms with Crippen LogP contribution in [0.25, 0.3) is 0 Å². The van der Waals surface area contributed by atoms with E-state index in [0.717, 1.165) is 120 Å². The number of rotatable bonds is 83. The Balaban J connectivity index is 5.24. The lowest BCUT2D eigenvalue weighted by atomic mass is 9.99. The topological polar surface area (TPSA) is 237 Å². The summed E-state index contributed by atoms with van der Waals surface area (Å²) in [6, 6.07) is 0. The van der Waals surface area contributed by atoms with Crippen molar-refractivity contribution in [1.82, 2.24) is 0 Å². The molecule has 0 aliphatic heterocycles. The molecule has 19 heteroatoms. The van der Waals surface area contributed by atoms with Crippen LogP contribution in [-0.2, 0) is 65.4 Å². The van der Waals surface area contributed by atoms with Crippen LogP contribution in [0, 0.1) is 23.7 Å². The molecular formula is C86H168O17P2. The summed E-state index contributed by atoms with van der Waals surface area (Å²) in [6.45, 7) is 14.4. The van der Waals surface area contributed by atoms with Crippen molar-refractivity contribution >= 4 is 39.5 Å². The van der Waals surface area contributed by atoms with Gasteiger partial charge in [0, 0.05) is 25.7 Å². The van der Waals surface area contributed by atoms with Gasteiger partial charge in [0.2, 0.25) is 0 Å². The third-order valence-corrected chi connectivity index (χ3v) is 22.7. The Bertz CT molecular complexity index is 2050. The predicted octanol–water partition coefficient (Wildman–Crippen LogP) is 25.9. The van der Waals surface area contributed by atoms with Crippen LogP contribution in [-0.4, -0.2) is 96.7 Å². The number of aliphatic hydroxyl groups is 1. The highest BCUT2D eigenvalue weighted by Gasteiger charge is 2.31. The molecule has 0 radical (unpaired) electrons. The fourth-order valence-electron chi connectivity index (χ4n) is 13.3. The van der Waals surface area contributed by atoms with E-state index in [2.05, 4.69) is 55.4 Å². The number of phosphoric ester groups is 2. The summed E-state index contributed by atoms with van der Waals surface area (Å²) in [6.07, 6.45) is 63.8. The molecule has 0 fully saturated rings. The molecule has 4 unspecified atom stereocenters. The first kappa shape index (κ1) is 103. The fraction of sp³-hybridized carbons (Fsp3) is 0.953. The van der Waals surface area contributed by atoms with E-state index in [1.165, 1.54) is 244 Å². The van der Waals surface area contributed by atoms with Crippen LogP contribution < -0.4 is 0 Å². The van der Waals surface area contributed by atoms with Crippen molar-refractivity contribution in [2.45, 2.75) is 465 Å². The van der Waals surface area contributed by atoms with Gasteiger partial charge in [-0.25, -0.2) is 9.13 Å². The molecule has 0 bridgehead atoms. The number of esters is 4. The normalized spacial score (nSPS) is 14.4. The molecule has 3 N–H and O–H groups in total. The van der Waals surface area contributed by atoms with E-state index >= 15 is 0 Å². The van der Waals surface area contributed by atoms with Crippen LogP contribution >= 0.6 is 15.6 Å². The monoisotopic (exact) mass is 1540 g/mol. The van der Waals surface area contributed by atoms with Gasteiger partial charge in [0.15, 0.2) is 12.2 Å². The van der Waals surface area contributed by atoms with Crippen molar-refractivity contribution in [1.29, 1.82) is 0 Å². The smallest absolute Gasteiger partial charge is 0.462 e. The number of carbonyl (C=O) groups excluding carboxylic acids is 4. The number of hydrogen-bond acceptors (Lipinski definition) is 15. The lowest BCUT2D eigenvalue weighted by Crippen LogP contribution is -2.30. The summed E-state index contributed by atoms with van der Waals surface area (Å²) in [5.74, 6) is 1.08. The number of phosphoric acid groups is 2. The van der Waals surface area contributed by atoms with E-state index in [4.69, 9.17) is 37.0 Å². The van der Waals surface area contributed by atoms with Gasteiger partial charge in [-0.3, -0.25) is 37.3 Å². The molecule has 0 aliphatic rings. The molecule has 7 atom stereocenters. The van der Waals surface area contributed by atoms with Crippen LogP contribution in [0.1, 0.15) is 447 Å². The molecule has 17 nitrogen and oxygen atoms in total. The largest absolute Gasteiger partial charge is 0.472 e. The molecule has 0 aromatic rings. The van der Waals surface area contributed by atoms with E-state index in [1.807, 2.05) is 0 Å². The molecule has 0 aromatic carbocycles. The lowest BCUT2D eigenvalue weighted by Gasteiger charge is -2.21. The molecule has 105 heavy (non-hydrogen) atoms. The van der Waals surface area contributed by atoms with Gasteiger partial charge in [-0.2, -0.15) is 0 Å². The Labute approximate surface area is 645 Å².